The number of rotatable bonds is 18. The maximum absolute atomic E-state index is 11.6. The van der Waals surface area contributed by atoms with Crippen LogP contribution in [0.25, 0.3) is 0 Å². The van der Waals surface area contributed by atoms with Crippen LogP contribution >= 0.6 is 0 Å². The quantitative estimate of drug-likeness (QED) is 0.129. The Morgan fingerprint density at radius 2 is 1.89 bits per heavy atom. The van der Waals surface area contributed by atoms with E-state index in [1.165, 1.54) is 31.1 Å². The summed E-state index contributed by atoms with van der Waals surface area (Å²) >= 11 is 0. The summed E-state index contributed by atoms with van der Waals surface area (Å²) in [5.41, 5.74) is 13.7. The number of benzene rings is 1. The van der Waals surface area contributed by atoms with E-state index in [0.717, 1.165) is 50.7 Å². The van der Waals surface area contributed by atoms with Crippen molar-refractivity contribution in [2.24, 2.45) is 29.2 Å². The van der Waals surface area contributed by atoms with Gasteiger partial charge in [0, 0.05) is 13.1 Å². The summed E-state index contributed by atoms with van der Waals surface area (Å²) in [4.78, 5) is 34.2. The van der Waals surface area contributed by atoms with E-state index in [0.29, 0.717) is 44.1 Å². The van der Waals surface area contributed by atoms with Crippen LogP contribution in [0.15, 0.2) is 18.2 Å². The minimum atomic E-state index is -0.385. The summed E-state index contributed by atoms with van der Waals surface area (Å²) in [5.74, 6) is 1.63. The number of nitrogens with two attached hydrogens (primary N) is 2. The van der Waals surface area contributed by atoms with Crippen LogP contribution < -0.4 is 16.2 Å². The highest BCUT2D eigenvalue weighted by molar-refractivity contribution is 5.71. The zero-order valence-electron chi connectivity index (χ0n) is 22.5. The second-order valence-corrected chi connectivity index (χ2v) is 10.1. The van der Waals surface area contributed by atoms with Crippen LogP contribution in [0.3, 0.4) is 0 Å². The molecule has 37 heavy (non-hydrogen) atoms. The van der Waals surface area contributed by atoms with Gasteiger partial charge in [0.2, 0.25) is 0 Å². The molecule has 0 amide bonds. The predicted molar refractivity (Wildman–Crippen MR) is 140 cm³/mol. The lowest BCUT2D eigenvalue weighted by molar-refractivity contribution is -0.333. The zero-order valence-corrected chi connectivity index (χ0v) is 22.5. The SMILES string of the molecule is CCCCCC(CCC1C(OOCCN)CC2Cc3c(cccc3OCC(=O)OC)CC21)OOCCN. The molecular formula is C28H46N2O7. The molecule has 0 saturated heterocycles. The van der Waals surface area contributed by atoms with Crippen molar-refractivity contribution in [1.82, 2.24) is 0 Å². The number of hydrogen-bond acceptors (Lipinski definition) is 9. The number of carbonyl (C=O) groups is 1. The molecule has 1 aromatic carbocycles. The van der Waals surface area contributed by atoms with E-state index in [9.17, 15) is 4.79 Å². The summed E-state index contributed by atoms with van der Waals surface area (Å²) in [5, 5.41) is 0. The average molecular weight is 523 g/mol. The molecule has 0 heterocycles. The molecule has 0 aromatic heterocycles. The van der Waals surface area contributed by atoms with E-state index in [-0.39, 0.29) is 24.8 Å². The van der Waals surface area contributed by atoms with Gasteiger partial charge in [-0.05, 0) is 73.5 Å². The molecule has 5 unspecified atom stereocenters. The van der Waals surface area contributed by atoms with Crippen LogP contribution in [0.1, 0.15) is 63.0 Å². The van der Waals surface area contributed by atoms with Crippen molar-refractivity contribution in [1.29, 1.82) is 0 Å². The molecule has 210 valence electrons. The first kappa shape index (κ1) is 29.8. The molecule has 5 atom stereocenters. The van der Waals surface area contributed by atoms with Crippen molar-refractivity contribution < 1.29 is 33.8 Å². The Morgan fingerprint density at radius 3 is 2.65 bits per heavy atom. The van der Waals surface area contributed by atoms with E-state index in [1.807, 2.05) is 12.1 Å². The third kappa shape index (κ3) is 8.90. The van der Waals surface area contributed by atoms with Crippen LogP contribution in [0.4, 0.5) is 0 Å². The molecule has 2 aliphatic carbocycles. The molecule has 0 radical (unpaired) electrons. The molecule has 0 spiro atoms. The second-order valence-electron chi connectivity index (χ2n) is 10.1. The van der Waals surface area contributed by atoms with Crippen molar-refractivity contribution in [3.05, 3.63) is 29.3 Å². The first-order valence-corrected chi connectivity index (χ1v) is 13.9. The fourth-order valence-corrected chi connectivity index (χ4v) is 5.83. The fraction of sp³-hybridized carbons (Fsp3) is 0.750. The molecule has 0 bridgehead atoms. The van der Waals surface area contributed by atoms with Gasteiger partial charge in [0.1, 0.15) is 5.75 Å². The van der Waals surface area contributed by atoms with Gasteiger partial charge in [-0.3, -0.25) is 0 Å². The van der Waals surface area contributed by atoms with Crippen molar-refractivity contribution >= 4 is 5.97 Å². The number of ether oxygens (including phenoxy) is 2. The Balaban J connectivity index is 1.70. The third-order valence-corrected chi connectivity index (χ3v) is 7.64. The predicted octanol–water partition coefficient (Wildman–Crippen LogP) is 3.50. The maximum atomic E-state index is 11.6. The highest BCUT2D eigenvalue weighted by atomic mass is 17.2. The van der Waals surface area contributed by atoms with E-state index in [4.69, 9.17) is 40.5 Å². The second kappa shape index (κ2) is 16.3. The Hall–Kier alpha value is -1.75. The number of fused-ring (bicyclic) bond motifs is 2. The van der Waals surface area contributed by atoms with Gasteiger partial charge in [-0.2, -0.15) is 0 Å². The van der Waals surface area contributed by atoms with Crippen LogP contribution in [0, 0.1) is 17.8 Å². The number of unbranched alkanes of at least 4 members (excludes halogenated alkanes) is 2. The summed E-state index contributed by atoms with van der Waals surface area (Å²) in [7, 11) is 1.37. The van der Waals surface area contributed by atoms with Gasteiger partial charge in [0.05, 0.1) is 32.5 Å². The number of methoxy groups -OCH3 is 1. The topological polar surface area (TPSA) is 124 Å². The molecule has 9 nitrogen and oxygen atoms in total. The molecule has 1 aromatic rings. The average Bonchev–Trinajstić information content (AvgIpc) is 3.25. The molecular weight excluding hydrogens is 476 g/mol. The number of esters is 1. The monoisotopic (exact) mass is 522 g/mol. The van der Waals surface area contributed by atoms with E-state index >= 15 is 0 Å². The first-order chi connectivity index (χ1) is 18.1. The zero-order chi connectivity index (χ0) is 26.5. The van der Waals surface area contributed by atoms with Gasteiger partial charge in [-0.25, -0.2) is 24.3 Å². The summed E-state index contributed by atoms with van der Waals surface area (Å²) in [6, 6.07) is 6.11. The van der Waals surface area contributed by atoms with Crippen molar-refractivity contribution in [3.8, 4) is 5.75 Å². The highest BCUT2D eigenvalue weighted by Crippen LogP contribution is 2.49. The molecule has 2 aliphatic rings. The highest BCUT2D eigenvalue weighted by Gasteiger charge is 2.47. The Labute approximate surface area is 221 Å². The minimum Gasteiger partial charge on any atom is -0.482 e. The molecule has 9 heteroatoms. The Bertz CT molecular complexity index is 799. The lowest BCUT2D eigenvalue weighted by atomic mass is 9.73. The van der Waals surface area contributed by atoms with Crippen molar-refractivity contribution in [2.45, 2.75) is 76.9 Å². The van der Waals surface area contributed by atoms with E-state index < -0.39 is 0 Å². The molecule has 1 saturated carbocycles. The number of carbonyl (C=O) groups excluding carboxylic acids is 1. The third-order valence-electron chi connectivity index (χ3n) is 7.64. The fourth-order valence-electron chi connectivity index (χ4n) is 5.83. The van der Waals surface area contributed by atoms with Crippen molar-refractivity contribution in [3.63, 3.8) is 0 Å². The Kier molecular flexibility index (Phi) is 13.1. The van der Waals surface area contributed by atoms with Crippen LogP contribution in [-0.2, 0) is 41.9 Å². The summed E-state index contributed by atoms with van der Waals surface area (Å²) in [6.07, 6.45) is 9.08. The van der Waals surface area contributed by atoms with Gasteiger partial charge >= 0.3 is 5.97 Å². The van der Waals surface area contributed by atoms with Crippen LogP contribution in [0.5, 0.6) is 5.75 Å². The molecule has 4 N–H and O–H groups in total. The van der Waals surface area contributed by atoms with Gasteiger partial charge in [-0.1, -0.05) is 38.3 Å². The van der Waals surface area contributed by atoms with Gasteiger partial charge in [-0.15, -0.1) is 0 Å². The van der Waals surface area contributed by atoms with E-state index in [2.05, 4.69) is 13.0 Å². The van der Waals surface area contributed by atoms with Crippen LogP contribution in [0.2, 0.25) is 0 Å². The molecule has 3 rings (SSSR count). The van der Waals surface area contributed by atoms with Crippen LogP contribution in [-0.4, -0.2) is 58.2 Å². The van der Waals surface area contributed by atoms with Gasteiger partial charge < -0.3 is 20.9 Å². The summed E-state index contributed by atoms with van der Waals surface area (Å²) in [6.45, 7) is 3.74. The number of hydrogen-bond donors (Lipinski definition) is 2. The normalized spacial score (nSPS) is 23.4. The maximum Gasteiger partial charge on any atom is 0.343 e. The lowest BCUT2D eigenvalue weighted by Gasteiger charge is -2.33. The molecule has 0 aliphatic heterocycles. The largest absolute Gasteiger partial charge is 0.482 e. The molecule has 1 fully saturated rings. The van der Waals surface area contributed by atoms with Gasteiger partial charge in [0.15, 0.2) is 6.61 Å². The van der Waals surface area contributed by atoms with Gasteiger partial charge in [0.25, 0.3) is 0 Å². The minimum absolute atomic E-state index is 0.00319. The Morgan fingerprint density at radius 1 is 1.08 bits per heavy atom. The lowest BCUT2D eigenvalue weighted by Crippen LogP contribution is -2.29. The standard InChI is InChI=1S/C28H46N2O7/c1-3-4-5-8-22(36-34-14-12-29)10-11-23-24-16-20-7-6-9-26(33-19-28(31)32-2)25(20)17-21(24)18-27(23)37-35-15-13-30/h6-7,9,21-24,27H,3-5,8,10-19,29-30H2,1-2H3. The summed E-state index contributed by atoms with van der Waals surface area (Å²) < 4.78 is 10.6. The van der Waals surface area contributed by atoms with E-state index in [1.54, 1.807) is 0 Å². The first-order valence-electron chi connectivity index (χ1n) is 13.9. The van der Waals surface area contributed by atoms with Crippen molar-refractivity contribution in [2.75, 3.05) is 40.0 Å². The smallest absolute Gasteiger partial charge is 0.343 e.